The molecule has 1 N–H and O–H groups in total. The van der Waals surface area contributed by atoms with Crippen molar-refractivity contribution in [3.05, 3.63) is 70.9 Å². The van der Waals surface area contributed by atoms with E-state index in [4.69, 9.17) is 15.2 Å². The summed E-state index contributed by atoms with van der Waals surface area (Å²) >= 11 is 1.45. The van der Waals surface area contributed by atoms with Crippen LogP contribution in [0.5, 0.6) is 5.75 Å². The van der Waals surface area contributed by atoms with Gasteiger partial charge in [-0.25, -0.2) is 0 Å². The lowest BCUT2D eigenvalue weighted by Crippen LogP contribution is -2.35. The lowest BCUT2D eigenvalue weighted by molar-refractivity contribution is -0.114. The molecule has 3 aliphatic rings. The predicted octanol–water partition coefficient (Wildman–Crippen LogP) is 7.53. The number of amides is 1. The minimum absolute atomic E-state index is 0.0941. The second-order valence-electron chi connectivity index (χ2n) is 12.1. The second-order valence-corrected chi connectivity index (χ2v) is 13.1. The minimum atomic E-state index is -0.382. The standard InChI is InChI=1S/C33H37N5O2S/c1-21-26(20-27-29(34)38-32(35-30(27)39)41-31(36-38)22-10-6-5-7-11-22)25-12-8-9-13-28(25)37(21)18-19-40-24-16-14-23(15-17-24)33(2,3)4/h8-9,12-17,20,22,34H,5-7,10-11,18-19H2,1-4H3/b27-20-,34-29?. The normalized spacial score (nSPS) is 19.1. The average Bonchev–Trinajstić information content (AvgIpc) is 3.50. The predicted molar refractivity (Wildman–Crippen MR) is 169 cm³/mol. The zero-order chi connectivity index (χ0) is 28.7. The first-order valence-electron chi connectivity index (χ1n) is 14.5. The Bertz CT molecular complexity index is 1600. The molecular weight excluding hydrogens is 530 g/mol. The Labute approximate surface area is 245 Å². The molecule has 1 fully saturated rings. The number of amidine groups is 2. The smallest absolute Gasteiger partial charge is 0.283 e. The van der Waals surface area contributed by atoms with E-state index < -0.39 is 0 Å². The Morgan fingerprint density at radius 2 is 1.80 bits per heavy atom. The minimum Gasteiger partial charge on any atom is -0.492 e. The molecule has 212 valence electrons. The molecule has 7 nitrogen and oxygen atoms in total. The molecule has 3 heterocycles. The molecule has 0 bridgehead atoms. The number of aliphatic imine (C=N–C) groups is 1. The fraction of sp³-hybridized carbons (Fsp3) is 0.394. The highest BCUT2D eigenvalue weighted by Crippen LogP contribution is 2.37. The highest BCUT2D eigenvalue weighted by atomic mass is 32.2. The SMILES string of the molecule is Cc1c(/C=C2/C(=N)N3N=C(C4CCCCC4)SC3=NC2=O)c2ccccc2n1CCOc1ccc(C(C)(C)C)cc1. The van der Waals surface area contributed by atoms with Gasteiger partial charge in [-0.15, -0.1) is 0 Å². The zero-order valence-corrected chi connectivity index (χ0v) is 25.1. The van der Waals surface area contributed by atoms with E-state index in [0.717, 1.165) is 45.8 Å². The summed E-state index contributed by atoms with van der Waals surface area (Å²) in [5.41, 5.74) is 4.65. The van der Waals surface area contributed by atoms with Crippen molar-refractivity contribution in [2.24, 2.45) is 16.0 Å². The molecule has 0 saturated heterocycles. The summed E-state index contributed by atoms with van der Waals surface area (Å²) in [6, 6.07) is 16.5. The Morgan fingerprint density at radius 1 is 1.07 bits per heavy atom. The van der Waals surface area contributed by atoms with E-state index in [0.29, 0.717) is 24.2 Å². The summed E-state index contributed by atoms with van der Waals surface area (Å²) in [5.74, 6) is 0.959. The first-order valence-corrected chi connectivity index (χ1v) is 15.3. The molecule has 1 aliphatic carbocycles. The van der Waals surface area contributed by atoms with E-state index in [2.05, 4.69) is 61.5 Å². The van der Waals surface area contributed by atoms with Crippen molar-refractivity contribution in [2.45, 2.75) is 71.8 Å². The first kappa shape index (κ1) is 27.5. The maximum Gasteiger partial charge on any atom is 0.283 e. The number of carbonyl (C=O) groups is 1. The maximum atomic E-state index is 13.2. The number of hydrogen-bond donors (Lipinski definition) is 1. The van der Waals surface area contributed by atoms with Gasteiger partial charge < -0.3 is 9.30 Å². The van der Waals surface area contributed by atoms with Crippen LogP contribution in [0.15, 0.2) is 64.2 Å². The van der Waals surface area contributed by atoms with Gasteiger partial charge in [0.1, 0.15) is 17.4 Å². The lowest BCUT2D eigenvalue weighted by atomic mass is 9.87. The van der Waals surface area contributed by atoms with Crippen molar-refractivity contribution >= 4 is 50.7 Å². The van der Waals surface area contributed by atoms with Crippen molar-refractivity contribution in [1.29, 1.82) is 5.41 Å². The van der Waals surface area contributed by atoms with Gasteiger partial charge in [-0.3, -0.25) is 10.2 Å². The van der Waals surface area contributed by atoms with Crippen molar-refractivity contribution < 1.29 is 9.53 Å². The van der Waals surface area contributed by atoms with Crippen LogP contribution in [-0.4, -0.2) is 38.1 Å². The number of carbonyl (C=O) groups excluding carboxylic acids is 1. The van der Waals surface area contributed by atoms with Crippen molar-refractivity contribution in [2.75, 3.05) is 6.61 Å². The number of ether oxygens (including phenoxy) is 1. The van der Waals surface area contributed by atoms with Crippen LogP contribution in [0.2, 0.25) is 0 Å². The molecular formula is C33H37N5O2S. The van der Waals surface area contributed by atoms with Crippen LogP contribution < -0.4 is 4.74 Å². The van der Waals surface area contributed by atoms with E-state index in [1.165, 1.54) is 36.6 Å². The molecule has 1 saturated carbocycles. The summed E-state index contributed by atoms with van der Waals surface area (Å²) in [6.45, 7) is 9.83. The van der Waals surface area contributed by atoms with Crippen LogP contribution in [0.4, 0.5) is 0 Å². The van der Waals surface area contributed by atoms with Crippen LogP contribution in [0, 0.1) is 18.3 Å². The average molecular weight is 568 g/mol. The molecule has 0 radical (unpaired) electrons. The van der Waals surface area contributed by atoms with E-state index in [1.54, 1.807) is 5.01 Å². The number of nitrogens with zero attached hydrogens (tertiary/aromatic N) is 4. The zero-order valence-electron chi connectivity index (χ0n) is 24.2. The van der Waals surface area contributed by atoms with Crippen LogP contribution in [0.25, 0.3) is 17.0 Å². The van der Waals surface area contributed by atoms with E-state index in [-0.39, 0.29) is 22.7 Å². The highest BCUT2D eigenvalue weighted by Gasteiger charge is 2.38. The van der Waals surface area contributed by atoms with Gasteiger partial charge in [-0.05, 0) is 66.8 Å². The third kappa shape index (κ3) is 5.37. The van der Waals surface area contributed by atoms with E-state index in [9.17, 15) is 4.79 Å². The molecule has 1 amide bonds. The molecule has 41 heavy (non-hydrogen) atoms. The summed E-state index contributed by atoms with van der Waals surface area (Å²) in [4.78, 5) is 17.5. The molecule has 6 rings (SSSR count). The molecule has 0 unspecified atom stereocenters. The van der Waals surface area contributed by atoms with Crippen LogP contribution in [0.3, 0.4) is 0 Å². The molecule has 3 aromatic rings. The Balaban J connectivity index is 1.25. The van der Waals surface area contributed by atoms with Gasteiger partial charge in [0.2, 0.25) is 5.17 Å². The number of hydrazone groups is 1. The third-order valence-electron chi connectivity index (χ3n) is 8.30. The molecule has 2 aliphatic heterocycles. The number of benzene rings is 2. The topological polar surface area (TPSA) is 83.0 Å². The Hall–Kier alpha value is -3.65. The van der Waals surface area contributed by atoms with Crippen molar-refractivity contribution in [3.8, 4) is 5.75 Å². The number of aromatic nitrogens is 1. The van der Waals surface area contributed by atoms with Gasteiger partial charge >= 0.3 is 0 Å². The second kappa shape index (κ2) is 11.0. The van der Waals surface area contributed by atoms with E-state index >= 15 is 0 Å². The van der Waals surface area contributed by atoms with Crippen LogP contribution in [0.1, 0.15) is 69.7 Å². The number of rotatable bonds is 6. The Kier molecular flexibility index (Phi) is 7.36. The lowest BCUT2D eigenvalue weighted by Gasteiger charge is -2.20. The maximum absolute atomic E-state index is 13.2. The van der Waals surface area contributed by atoms with Gasteiger partial charge in [0.25, 0.3) is 5.91 Å². The number of thioether (sulfide) groups is 1. The summed E-state index contributed by atoms with van der Waals surface area (Å²) in [7, 11) is 0. The van der Waals surface area contributed by atoms with Crippen LogP contribution in [-0.2, 0) is 16.8 Å². The highest BCUT2D eigenvalue weighted by molar-refractivity contribution is 8.27. The van der Waals surface area contributed by atoms with Gasteiger partial charge in [-0.1, -0.05) is 70.4 Å². The quantitative estimate of drug-likeness (QED) is 0.312. The fourth-order valence-corrected chi connectivity index (χ4v) is 6.96. The Morgan fingerprint density at radius 3 is 2.54 bits per heavy atom. The molecule has 2 aromatic carbocycles. The van der Waals surface area contributed by atoms with E-state index in [1.807, 2.05) is 30.3 Å². The number of fused-ring (bicyclic) bond motifs is 2. The molecule has 8 heteroatoms. The van der Waals surface area contributed by atoms with Gasteiger partial charge in [0.05, 0.1) is 12.1 Å². The van der Waals surface area contributed by atoms with Crippen molar-refractivity contribution in [3.63, 3.8) is 0 Å². The summed E-state index contributed by atoms with van der Waals surface area (Å²) in [5, 5.41) is 17.7. The molecule has 0 atom stereocenters. The number of hydrogen-bond acceptors (Lipinski definition) is 5. The summed E-state index contributed by atoms with van der Waals surface area (Å²) < 4.78 is 8.34. The van der Waals surface area contributed by atoms with Crippen LogP contribution >= 0.6 is 11.8 Å². The van der Waals surface area contributed by atoms with Gasteiger partial charge in [-0.2, -0.15) is 15.1 Å². The summed E-state index contributed by atoms with van der Waals surface area (Å²) in [6.07, 6.45) is 7.73. The first-order chi connectivity index (χ1) is 19.7. The third-order valence-corrected chi connectivity index (χ3v) is 9.37. The van der Waals surface area contributed by atoms with Gasteiger partial charge in [0, 0.05) is 28.1 Å². The number of nitrogens with one attached hydrogen (secondary N) is 1. The monoisotopic (exact) mass is 567 g/mol. The largest absolute Gasteiger partial charge is 0.492 e. The number of para-hydroxylation sites is 1. The van der Waals surface area contributed by atoms with Crippen molar-refractivity contribution in [1.82, 2.24) is 9.58 Å². The molecule has 0 spiro atoms. The molecule has 1 aromatic heterocycles. The fourth-order valence-electron chi connectivity index (χ4n) is 5.90. The van der Waals surface area contributed by atoms with Gasteiger partial charge in [0.15, 0.2) is 5.84 Å².